The van der Waals surface area contributed by atoms with E-state index in [1.54, 1.807) is 42.5 Å². The number of aryl methyl sites for hydroxylation is 1. The Kier molecular flexibility index (Phi) is 5.46. The summed E-state index contributed by atoms with van der Waals surface area (Å²) in [6.07, 6.45) is 0.650. The third-order valence-corrected chi connectivity index (χ3v) is 5.95. The topological polar surface area (TPSA) is 79.4 Å². The van der Waals surface area contributed by atoms with E-state index < -0.39 is 17.9 Å². The fourth-order valence-electron chi connectivity index (χ4n) is 3.49. The zero-order valence-electron chi connectivity index (χ0n) is 16.7. The van der Waals surface area contributed by atoms with Crippen LogP contribution in [0.25, 0.3) is 11.3 Å². The van der Waals surface area contributed by atoms with Gasteiger partial charge in [0.05, 0.1) is 21.8 Å². The molecule has 1 unspecified atom stereocenters. The number of hydrogen-bond acceptors (Lipinski definition) is 5. The molecule has 1 aliphatic heterocycles. The largest absolute Gasteiger partial charge is 0.354 e. The Morgan fingerprint density at radius 3 is 2.27 bits per heavy atom. The molecule has 3 aromatic rings. The molecule has 3 amide bonds. The molecule has 0 bridgehead atoms. The Labute approximate surface area is 178 Å². The lowest BCUT2D eigenvalue weighted by Gasteiger charge is -2.21. The van der Waals surface area contributed by atoms with Gasteiger partial charge in [-0.1, -0.05) is 36.4 Å². The summed E-state index contributed by atoms with van der Waals surface area (Å²) >= 11 is 1.62. The monoisotopic (exact) mass is 419 g/mol. The van der Waals surface area contributed by atoms with Crippen LogP contribution >= 0.6 is 11.3 Å². The molecule has 6 nitrogen and oxygen atoms in total. The van der Waals surface area contributed by atoms with E-state index in [1.807, 2.05) is 36.6 Å². The van der Waals surface area contributed by atoms with E-state index in [0.717, 1.165) is 26.7 Å². The van der Waals surface area contributed by atoms with Gasteiger partial charge < -0.3 is 5.32 Å². The van der Waals surface area contributed by atoms with Gasteiger partial charge in [0.1, 0.15) is 6.04 Å². The molecule has 0 aliphatic carbocycles. The third kappa shape index (κ3) is 3.76. The van der Waals surface area contributed by atoms with Crippen molar-refractivity contribution in [1.82, 2.24) is 15.2 Å². The van der Waals surface area contributed by atoms with E-state index in [0.29, 0.717) is 24.1 Å². The van der Waals surface area contributed by atoms with Gasteiger partial charge in [-0.3, -0.25) is 19.3 Å². The highest BCUT2D eigenvalue weighted by Gasteiger charge is 2.40. The minimum Gasteiger partial charge on any atom is -0.354 e. The molecule has 2 aromatic carbocycles. The van der Waals surface area contributed by atoms with Crippen LogP contribution in [0.2, 0.25) is 0 Å². The molecule has 2 heterocycles. The number of carbonyl (C=O) groups is 3. The second-order valence-electron chi connectivity index (χ2n) is 7.19. The van der Waals surface area contributed by atoms with E-state index >= 15 is 0 Å². The Morgan fingerprint density at radius 1 is 1.07 bits per heavy atom. The molecule has 0 spiro atoms. The van der Waals surface area contributed by atoms with Crippen molar-refractivity contribution in [3.05, 3.63) is 75.6 Å². The van der Waals surface area contributed by atoms with Crippen molar-refractivity contribution in [3.63, 3.8) is 0 Å². The van der Waals surface area contributed by atoms with E-state index in [4.69, 9.17) is 0 Å². The first-order valence-corrected chi connectivity index (χ1v) is 10.6. The van der Waals surface area contributed by atoms with E-state index in [-0.39, 0.29) is 5.91 Å². The summed E-state index contributed by atoms with van der Waals surface area (Å²) in [5.41, 5.74) is 3.80. The molecule has 1 N–H and O–H groups in total. The van der Waals surface area contributed by atoms with E-state index in [2.05, 4.69) is 10.3 Å². The van der Waals surface area contributed by atoms with Crippen LogP contribution in [0.4, 0.5) is 0 Å². The predicted molar refractivity (Wildman–Crippen MR) is 115 cm³/mol. The number of aromatic nitrogens is 1. The summed E-state index contributed by atoms with van der Waals surface area (Å²) in [7, 11) is 0. The molecule has 0 radical (unpaired) electrons. The normalized spacial score (nSPS) is 14.0. The maximum atomic E-state index is 12.5. The van der Waals surface area contributed by atoms with Gasteiger partial charge in [-0.2, -0.15) is 0 Å². The highest BCUT2D eigenvalue weighted by molar-refractivity contribution is 7.09. The average molecular weight is 420 g/mol. The number of carbonyl (C=O) groups excluding carboxylic acids is 3. The SMILES string of the molecule is Cc1nc(-c2ccc(CCNC(=O)C(C)N3C(=O)c4ccccc4C3=O)cc2)cs1. The number of nitrogens with one attached hydrogen (secondary N) is 1. The Hall–Kier alpha value is -3.32. The zero-order valence-corrected chi connectivity index (χ0v) is 17.5. The summed E-state index contributed by atoms with van der Waals surface area (Å²) in [4.78, 5) is 43.1. The molecule has 7 heteroatoms. The average Bonchev–Trinajstić information content (AvgIpc) is 3.30. The summed E-state index contributed by atoms with van der Waals surface area (Å²) < 4.78 is 0. The van der Waals surface area contributed by atoms with Crippen molar-refractivity contribution >= 4 is 29.1 Å². The first kappa shape index (κ1) is 20.0. The lowest BCUT2D eigenvalue weighted by molar-refractivity contribution is -0.124. The van der Waals surface area contributed by atoms with Gasteiger partial charge in [0.25, 0.3) is 11.8 Å². The summed E-state index contributed by atoms with van der Waals surface area (Å²) in [5.74, 6) is -1.20. The van der Waals surface area contributed by atoms with E-state index in [9.17, 15) is 14.4 Å². The van der Waals surface area contributed by atoms with Crippen molar-refractivity contribution in [2.24, 2.45) is 0 Å². The lowest BCUT2D eigenvalue weighted by Crippen LogP contribution is -2.48. The minimum absolute atomic E-state index is 0.345. The smallest absolute Gasteiger partial charge is 0.262 e. The number of amides is 3. The Balaban J connectivity index is 1.33. The summed E-state index contributed by atoms with van der Waals surface area (Å²) in [5, 5.41) is 5.89. The van der Waals surface area contributed by atoms with Gasteiger partial charge in [0.2, 0.25) is 5.91 Å². The lowest BCUT2D eigenvalue weighted by atomic mass is 10.1. The van der Waals surface area contributed by atoms with Crippen molar-refractivity contribution in [1.29, 1.82) is 0 Å². The molecule has 0 fully saturated rings. The maximum absolute atomic E-state index is 12.5. The zero-order chi connectivity index (χ0) is 21.3. The van der Waals surface area contributed by atoms with Crippen LogP contribution in [0.3, 0.4) is 0 Å². The van der Waals surface area contributed by atoms with Gasteiger partial charge >= 0.3 is 0 Å². The molecule has 30 heavy (non-hydrogen) atoms. The molecule has 1 aromatic heterocycles. The van der Waals surface area contributed by atoms with Crippen LogP contribution in [0, 0.1) is 6.92 Å². The number of fused-ring (bicyclic) bond motifs is 1. The Morgan fingerprint density at radius 2 is 1.70 bits per heavy atom. The maximum Gasteiger partial charge on any atom is 0.262 e. The van der Waals surface area contributed by atoms with Gasteiger partial charge in [0, 0.05) is 17.5 Å². The van der Waals surface area contributed by atoms with Gasteiger partial charge in [-0.05, 0) is 38.0 Å². The standard InChI is InChI=1S/C23H21N3O3S/c1-14(26-22(28)18-5-3-4-6-19(18)23(26)29)21(27)24-12-11-16-7-9-17(10-8-16)20-13-30-15(2)25-20/h3-10,13-14H,11-12H2,1-2H3,(H,24,27). The van der Waals surface area contributed by atoms with Crippen molar-refractivity contribution in [2.75, 3.05) is 6.54 Å². The second kappa shape index (κ2) is 8.20. The highest BCUT2D eigenvalue weighted by atomic mass is 32.1. The van der Waals surface area contributed by atoms with Gasteiger partial charge in [0.15, 0.2) is 0 Å². The third-order valence-electron chi connectivity index (χ3n) is 5.17. The van der Waals surface area contributed by atoms with Crippen LogP contribution in [0.1, 0.15) is 38.2 Å². The number of nitrogens with zero attached hydrogens (tertiary/aromatic N) is 2. The van der Waals surface area contributed by atoms with Crippen LogP contribution in [-0.4, -0.2) is 40.2 Å². The van der Waals surface area contributed by atoms with Crippen molar-refractivity contribution in [3.8, 4) is 11.3 Å². The van der Waals surface area contributed by atoms with Gasteiger partial charge in [-0.15, -0.1) is 11.3 Å². The van der Waals surface area contributed by atoms with Crippen LogP contribution in [0.15, 0.2) is 53.9 Å². The number of hydrogen-bond donors (Lipinski definition) is 1. The molecule has 1 aliphatic rings. The highest BCUT2D eigenvalue weighted by Crippen LogP contribution is 2.24. The van der Waals surface area contributed by atoms with Crippen LogP contribution in [-0.2, 0) is 11.2 Å². The molecular formula is C23H21N3O3S. The minimum atomic E-state index is -0.868. The van der Waals surface area contributed by atoms with Crippen LogP contribution in [0.5, 0.6) is 0 Å². The fraction of sp³-hybridized carbons (Fsp3) is 0.217. The van der Waals surface area contributed by atoms with Gasteiger partial charge in [-0.25, -0.2) is 4.98 Å². The number of imide groups is 1. The van der Waals surface area contributed by atoms with Crippen LogP contribution < -0.4 is 5.32 Å². The molecular weight excluding hydrogens is 398 g/mol. The molecule has 0 saturated carbocycles. The first-order valence-electron chi connectivity index (χ1n) is 9.72. The fourth-order valence-corrected chi connectivity index (χ4v) is 4.11. The summed E-state index contributed by atoms with van der Waals surface area (Å²) in [6, 6.07) is 13.8. The van der Waals surface area contributed by atoms with Crippen molar-refractivity contribution < 1.29 is 14.4 Å². The Bertz CT molecular complexity index is 1090. The predicted octanol–water partition coefficient (Wildman–Crippen LogP) is 3.46. The van der Waals surface area contributed by atoms with Crippen molar-refractivity contribution in [2.45, 2.75) is 26.3 Å². The number of rotatable bonds is 6. The van der Waals surface area contributed by atoms with E-state index in [1.165, 1.54) is 0 Å². The number of thiazole rings is 1. The summed E-state index contributed by atoms with van der Waals surface area (Å²) in [6.45, 7) is 3.97. The molecule has 4 rings (SSSR count). The molecule has 152 valence electrons. The molecule has 0 saturated heterocycles. The number of benzene rings is 2. The quantitative estimate of drug-likeness (QED) is 0.621. The molecule has 1 atom stereocenters. The first-order chi connectivity index (χ1) is 14.5. The second-order valence-corrected chi connectivity index (χ2v) is 8.25.